The van der Waals surface area contributed by atoms with Crippen LogP contribution in [0.25, 0.3) is 0 Å². The lowest BCUT2D eigenvalue weighted by Crippen LogP contribution is -2.43. The van der Waals surface area contributed by atoms with Crippen LogP contribution in [0.2, 0.25) is 5.02 Å². The number of carbonyl (C=O) groups excluding carboxylic acids is 2. The van der Waals surface area contributed by atoms with Gasteiger partial charge in [-0.25, -0.2) is 4.79 Å². The molecule has 0 unspecified atom stereocenters. The Balaban J connectivity index is 1.65. The maximum Gasteiger partial charge on any atom is 0.337 e. The summed E-state index contributed by atoms with van der Waals surface area (Å²) in [5.74, 6) is -1.55. The van der Waals surface area contributed by atoms with Gasteiger partial charge in [-0.1, -0.05) is 91.0 Å². The molecule has 6 heteroatoms. The van der Waals surface area contributed by atoms with E-state index in [1.807, 2.05) is 60.7 Å². The lowest BCUT2D eigenvalue weighted by molar-refractivity contribution is -0.147. The largest absolute Gasteiger partial charge is 0.457 e. The second kappa shape index (κ2) is 8.38. The second-order valence-electron chi connectivity index (χ2n) is 7.26. The van der Waals surface area contributed by atoms with E-state index in [2.05, 4.69) is 6.58 Å². The van der Waals surface area contributed by atoms with Gasteiger partial charge in [-0.05, 0) is 17.2 Å². The predicted molar refractivity (Wildman–Crippen MR) is 118 cm³/mol. The molecule has 3 aromatic carbocycles. The number of halogens is 1. The van der Waals surface area contributed by atoms with E-state index in [4.69, 9.17) is 16.3 Å². The van der Waals surface area contributed by atoms with Gasteiger partial charge in [0, 0.05) is 5.56 Å². The molecule has 0 spiro atoms. The van der Waals surface area contributed by atoms with Crippen LogP contribution in [-0.4, -0.2) is 17.0 Å². The van der Waals surface area contributed by atoms with E-state index in [-0.39, 0.29) is 24.3 Å². The van der Waals surface area contributed by atoms with Crippen molar-refractivity contribution < 1.29 is 19.4 Å². The number of benzene rings is 3. The van der Waals surface area contributed by atoms with Crippen molar-refractivity contribution >= 4 is 29.2 Å². The quantitative estimate of drug-likeness (QED) is 0.463. The fourth-order valence-electron chi connectivity index (χ4n) is 3.66. The van der Waals surface area contributed by atoms with Crippen LogP contribution in [0.4, 0.5) is 5.69 Å². The van der Waals surface area contributed by atoms with Gasteiger partial charge in [-0.3, -0.25) is 4.79 Å². The molecule has 0 bridgehead atoms. The van der Waals surface area contributed by atoms with Crippen LogP contribution in [0.1, 0.15) is 16.7 Å². The minimum Gasteiger partial charge on any atom is -0.457 e. The monoisotopic (exact) mass is 433 g/mol. The Labute approximate surface area is 185 Å². The molecule has 1 aliphatic rings. The average Bonchev–Trinajstić information content (AvgIpc) is 3.02. The fourth-order valence-corrected chi connectivity index (χ4v) is 3.94. The first kappa shape index (κ1) is 20.8. The molecule has 1 aliphatic heterocycles. The molecule has 1 N–H and O–H groups in total. The van der Waals surface area contributed by atoms with E-state index < -0.39 is 17.5 Å². The van der Waals surface area contributed by atoms with Gasteiger partial charge < -0.3 is 14.7 Å². The van der Waals surface area contributed by atoms with Crippen molar-refractivity contribution in [3.63, 3.8) is 0 Å². The highest BCUT2D eigenvalue weighted by Gasteiger charge is 2.54. The normalized spacial score (nSPS) is 17.4. The lowest BCUT2D eigenvalue weighted by atomic mass is 9.88. The molecule has 0 radical (unpaired) electrons. The first-order valence-corrected chi connectivity index (χ1v) is 10.1. The number of hydrogen-bond acceptors (Lipinski definition) is 4. The zero-order chi connectivity index (χ0) is 22.0. The third-order valence-corrected chi connectivity index (χ3v) is 5.59. The Morgan fingerprint density at radius 2 is 1.58 bits per heavy atom. The molecule has 4 rings (SSSR count). The Morgan fingerprint density at radius 1 is 0.968 bits per heavy atom. The minimum absolute atomic E-state index is 0.000896. The summed E-state index contributed by atoms with van der Waals surface area (Å²) in [5, 5.41) is 11.8. The van der Waals surface area contributed by atoms with E-state index in [1.54, 1.807) is 18.2 Å². The highest BCUT2D eigenvalue weighted by molar-refractivity contribution is 6.35. The van der Waals surface area contributed by atoms with Gasteiger partial charge in [0.25, 0.3) is 5.91 Å². The van der Waals surface area contributed by atoms with Crippen LogP contribution in [0, 0.1) is 0 Å². The van der Waals surface area contributed by atoms with Crippen LogP contribution in [0.5, 0.6) is 0 Å². The van der Waals surface area contributed by atoms with Crippen molar-refractivity contribution in [2.75, 3.05) is 4.90 Å². The van der Waals surface area contributed by atoms with Crippen molar-refractivity contribution in [2.24, 2.45) is 0 Å². The molecule has 156 valence electrons. The third kappa shape index (κ3) is 3.74. The molecular weight excluding hydrogens is 414 g/mol. The van der Waals surface area contributed by atoms with Crippen LogP contribution in [-0.2, 0) is 33.1 Å². The van der Waals surface area contributed by atoms with Crippen LogP contribution >= 0.6 is 11.6 Å². The summed E-state index contributed by atoms with van der Waals surface area (Å²) in [6, 6.07) is 23.3. The first-order valence-electron chi connectivity index (χ1n) is 9.70. The third-order valence-electron chi connectivity index (χ3n) is 5.28. The van der Waals surface area contributed by atoms with Crippen LogP contribution < -0.4 is 4.90 Å². The maximum absolute atomic E-state index is 13.4. The second-order valence-corrected chi connectivity index (χ2v) is 7.67. The van der Waals surface area contributed by atoms with E-state index in [0.717, 1.165) is 11.1 Å². The average molecular weight is 434 g/mol. The number of fused-ring (bicyclic) bond motifs is 1. The Hall–Kier alpha value is -3.41. The number of aliphatic hydroxyl groups is 1. The Bertz CT molecular complexity index is 1150. The Kier molecular flexibility index (Phi) is 5.63. The van der Waals surface area contributed by atoms with Crippen molar-refractivity contribution in [1.82, 2.24) is 0 Å². The molecule has 0 fully saturated rings. The van der Waals surface area contributed by atoms with Crippen molar-refractivity contribution in [1.29, 1.82) is 0 Å². The van der Waals surface area contributed by atoms with Gasteiger partial charge in [-0.2, -0.15) is 0 Å². The van der Waals surface area contributed by atoms with Gasteiger partial charge in [0.15, 0.2) is 0 Å². The SMILES string of the molecule is C=C(C(=O)OCc1ccccc1)[C@@]1(O)C(=O)N(Cc2ccccc2)c2c(Cl)cccc21. The van der Waals surface area contributed by atoms with E-state index in [1.165, 1.54) is 4.90 Å². The number of ether oxygens (including phenoxy) is 1. The highest BCUT2D eigenvalue weighted by Crippen LogP contribution is 2.48. The molecule has 3 aromatic rings. The molecule has 1 atom stereocenters. The summed E-state index contributed by atoms with van der Waals surface area (Å²) in [6.07, 6.45) is 0. The number of anilines is 1. The minimum atomic E-state index is -2.26. The number of rotatable bonds is 6. The molecule has 0 aromatic heterocycles. The van der Waals surface area contributed by atoms with Gasteiger partial charge in [0.2, 0.25) is 5.60 Å². The summed E-state index contributed by atoms with van der Waals surface area (Å²) in [7, 11) is 0. The molecule has 5 nitrogen and oxygen atoms in total. The van der Waals surface area contributed by atoms with E-state index >= 15 is 0 Å². The number of carbonyl (C=O) groups is 2. The molecular formula is C25H20ClNO4. The zero-order valence-electron chi connectivity index (χ0n) is 16.6. The summed E-state index contributed by atoms with van der Waals surface area (Å²) in [4.78, 5) is 27.5. The lowest BCUT2D eigenvalue weighted by Gasteiger charge is -2.24. The van der Waals surface area contributed by atoms with Crippen molar-refractivity contribution in [3.05, 3.63) is 113 Å². The molecule has 1 heterocycles. The van der Waals surface area contributed by atoms with E-state index in [9.17, 15) is 14.7 Å². The topological polar surface area (TPSA) is 66.8 Å². The number of nitrogens with zero attached hydrogens (tertiary/aromatic N) is 1. The summed E-state index contributed by atoms with van der Waals surface area (Å²) in [5.41, 5.74) is -0.415. The first-order chi connectivity index (χ1) is 14.9. The molecule has 0 aliphatic carbocycles. The summed E-state index contributed by atoms with van der Waals surface area (Å²) < 4.78 is 5.31. The number of esters is 1. The maximum atomic E-state index is 13.4. The Morgan fingerprint density at radius 3 is 2.23 bits per heavy atom. The standard InChI is InChI=1S/C25H20ClNO4/c1-17(23(28)31-16-19-11-6-3-7-12-19)25(30)20-13-8-14-21(26)22(20)27(24(25)29)15-18-9-4-2-5-10-18/h2-14,30H,1,15-16H2/t25-/m0/s1. The molecule has 31 heavy (non-hydrogen) atoms. The predicted octanol–water partition coefficient (Wildman–Crippen LogP) is 4.37. The number of para-hydroxylation sites is 1. The fraction of sp³-hybridized carbons (Fsp3) is 0.120. The smallest absolute Gasteiger partial charge is 0.337 e. The van der Waals surface area contributed by atoms with Gasteiger partial charge in [-0.15, -0.1) is 0 Å². The van der Waals surface area contributed by atoms with Crippen LogP contribution in [0.3, 0.4) is 0 Å². The van der Waals surface area contributed by atoms with E-state index in [0.29, 0.717) is 10.7 Å². The van der Waals surface area contributed by atoms with Crippen molar-refractivity contribution in [3.8, 4) is 0 Å². The van der Waals surface area contributed by atoms with Gasteiger partial charge in [0.05, 0.1) is 22.8 Å². The number of amides is 1. The molecule has 1 amide bonds. The molecule has 0 saturated heterocycles. The van der Waals surface area contributed by atoms with Gasteiger partial charge >= 0.3 is 5.97 Å². The van der Waals surface area contributed by atoms with Crippen molar-refractivity contribution in [2.45, 2.75) is 18.8 Å². The summed E-state index contributed by atoms with van der Waals surface area (Å²) in [6.45, 7) is 3.91. The van der Waals surface area contributed by atoms with Crippen LogP contribution in [0.15, 0.2) is 91.0 Å². The highest BCUT2D eigenvalue weighted by atomic mass is 35.5. The number of hydrogen-bond donors (Lipinski definition) is 1. The van der Waals surface area contributed by atoms with Gasteiger partial charge in [0.1, 0.15) is 6.61 Å². The molecule has 0 saturated carbocycles. The zero-order valence-corrected chi connectivity index (χ0v) is 17.4. The summed E-state index contributed by atoms with van der Waals surface area (Å²) >= 11 is 6.40.